The number of aromatic nitrogens is 5. The van der Waals surface area contributed by atoms with Crippen LogP contribution in [0.2, 0.25) is 0 Å². The quantitative estimate of drug-likeness (QED) is 0.287. The number of para-hydroxylation sites is 1. The average Bonchev–Trinajstić information content (AvgIpc) is 3.41. The van der Waals surface area contributed by atoms with Crippen LogP contribution in [0.4, 0.5) is 16.3 Å². The van der Waals surface area contributed by atoms with Crippen LogP contribution in [0.1, 0.15) is 32.2 Å². The number of hydrogen-bond acceptors (Lipinski definition) is 9. The smallest absolute Gasteiger partial charge is 0.416 e. The Morgan fingerprint density at radius 1 is 1.02 bits per heavy atom. The highest BCUT2D eigenvalue weighted by Crippen LogP contribution is 2.30. The van der Waals surface area contributed by atoms with Crippen molar-refractivity contribution in [2.45, 2.75) is 26.4 Å². The molecule has 4 aromatic heterocycles. The number of carboxylic acid groups (broad SMARTS) is 1. The van der Waals surface area contributed by atoms with Crippen molar-refractivity contribution in [3.8, 4) is 23.1 Å². The van der Waals surface area contributed by atoms with Crippen LogP contribution in [-0.2, 0) is 14.3 Å². The zero-order valence-corrected chi connectivity index (χ0v) is 25.1. The van der Waals surface area contributed by atoms with Gasteiger partial charge in [-0.1, -0.05) is 24.3 Å². The van der Waals surface area contributed by atoms with Crippen LogP contribution in [0.3, 0.4) is 0 Å². The Balaban J connectivity index is 1.44. The topological polar surface area (TPSA) is 135 Å². The van der Waals surface area contributed by atoms with Gasteiger partial charge >= 0.3 is 12.1 Å². The summed E-state index contributed by atoms with van der Waals surface area (Å²) in [5, 5.41) is 15.1. The number of fused-ring (bicyclic) bond motifs is 2. The second kappa shape index (κ2) is 12.2. The molecule has 5 aromatic rings. The van der Waals surface area contributed by atoms with Crippen LogP contribution >= 0.6 is 0 Å². The predicted molar refractivity (Wildman–Crippen MR) is 168 cm³/mol. The van der Waals surface area contributed by atoms with Crippen LogP contribution in [0, 0.1) is 11.8 Å². The van der Waals surface area contributed by atoms with Crippen molar-refractivity contribution in [3.05, 3.63) is 78.4 Å². The number of imidazole rings is 1. The van der Waals surface area contributed by atoms with Gasteiger partial charge in [0.15, 0.2) is 5.65 Å². The Bertz CT molecular complexity index is 1950. The number of pyridine rings is 2. The lowest BCUT2D eigenvalue weighted by Gasteiger charge is -2.28. The highest BCUT2D eigenvalue weighted by molar-refractivity contribution is 5.92. The van der Waals surface area contributed by atoms with E-state index < -0.39 is 24.2 Å². The van der Waals surface area contributed by atoms with Crippen molar-refractivity contribution in [1.82, 2.24) is 24.6 Å². The van der Waals surface area contributed by atoms with Crippen molar-refractivity contribution in [1.29, 1.82) is 0 Å². The molecule has 1 aromatic carbocycles. The molecule has 1 N–H and O–H groups in total. The number of carbonyl (C=O) groups is 2. The molecule has 12 nitrogen and oxygen atoms in total. The molecule has 0 aliphatic carbocycles. The van der Waals surface area contributed by atoms with E-state index in [1.165, 1.54) is 0 Å². The standard InChI is InChI=1S/C33H31N7O5/c1-33(2,3)45-32(43)39(21-29(41)42)28-13-9-23(20-34-28)30-26(12-11-24-10-8-22-6-4-5-7-25(22)36-24)37-31-27(14-15-35-40(30)31)38-16-18-44-19-17-38/h4-10,13-15,20H,16-19,21H2,1-3H3,(H,41,42). The molecule has 1 amide bonds. The predicted octanol–water partition coefficient (Wildman–Crippen LogP) is 4.40. The average molecular weight is 606 g/mol. The van der Waals surface area contributed by atoms with Crippen molar-refractivity contribution in [2.75, 3.05) is 42.6 Å². The van der Waals surface area contributed by atoms with E-state index in [4.69, 9.17) is 14.5 Å². The first-order chi connectivity index (χ1) is 21.7. The fourth-order valence-electron chi connectivity index (χ4n) is 4.97. The van der Waals surface area contributed by atoms with Crippen LogP contribution in [0.25, 0.3) is 27.8 Å². The first-order valence-corrected chi connectivity index (χ1v) is 14.4. The summed E-state index contributed by atoms with van der Waals surface area (Å²) in [6, 6.07) is 16.9. The molecule has 0 unspecified atom stereocenters. The van der Waals surface area contributed by atoms with Crippen molar-refractivity contribution < 1.29 is 24.2 Å². The molecule has 0 spiro atoms. The number of benzene rings is 1. The Hall–Kier alpha value is -5.54. The van der Waals surface area contributed by atoms with E-state index in [-0.39, 0.29) is 5.82 Å². The lowest BCUT2D eigenvalue weighted by molar-refractivity contribution is -0.135. The second-order valence-electron chi connectivity index (χ2n) is 11.4. The van der Waals surface area contributed by atoms with Crippen LogP contribution < -0.4 is 9.80 Å². The van der Waals surface area contributed by atoms with E-state index in [0.29, 0.717) is 54.6 Å². The van der Waals surface area contributed by atoms with Gasteiger partial charge < -0.3 is 19.5 Å². The molecule has 0 radical (unpaired) electrons. The van der Waals surface area contributed by atoms with Gasteiger partial charge in [-0.25, -0.2) is 24.3 Å². The number of ether oxygens (including phenoxy) is 2. The monoisotopic (exact) mass is 605 g/mol. The zero-order valence-electron chi connectivity index (χ0n) is 25.1. The summed E-state index contributed by atoms with van der Waals surface area (Å²) in [4.78, 5) is 41.7. The maximum absolute atomic E-state index is 12.9. The molecule has 1 saturated heterocycles. The van der Waals surface area contributed by atoms with Gasteiger partial charge in [-0.05, 0) is 62.9 Å². The zero-order chi connectivity index (χ0) is 31.6. The molecule has 1 aliphatic heterocycles. The Morgan fingerprint density at radius 2 is 1.82 bits per heavy atom. The molecule has 1 aliphatic rings. The lowest BCUT2D eigenvalue weighted by atomic mass is 10.1. The molecule has 0 atom stereocenters. The van der Waals surface area contributed by atoms with E-state index in [1.807, 2.05) is 42.5 Å². The van der Waals surface area contributed by atoms with E-state index >= 15 is 0 Å². The molecule has 0 bridgehead atoms. The molecular weight excluding hydrogens is 574 g/mol. The van der Waals surface area contributed by atoms with Gasteiger partial charge in [-0.2, -0.15) is 5.10 Å². The first-order valence-electron chi connectivity index (χ1n) is 14.4. The Morgan fingerprint density at radius 3 is 2.56 bits per heavy atom. The third-order valence-electron chi connectivity index (χ3n) is 6.96. The third-order valence-corrected chi connectivity index (χ3v) is 6.96. The lowest BCUT2D eigenvalue weighted by Crippen LogP contribution is -2.40. The minimum absolute atomic E-state index is 0.124. The normalized spacial score (nSPS) is 13.4. The molecule has 0 saturated carbocycles. The van der Waals surface area contributed by atoms with Gasteiger partial charge in [0, 0.05) is 30.2 Å². The van der Waals surface area contributed by atoms with Gasteiger partial charge in [0.1, 0.15) is 35.0 Å². The van der Waals surface area contributed by atoms with Gasteiger partial charge in [-0.3, -0.25) is 9.69 Å². The first kappa shape index (κ1) is 29.5. The largest absolute Gasteiger partial charge is 0.480 e. The van der Waals surface area contributed by atoms with Crippen LogP contribution in [0.5, 0.6) is 0 Å². The number of rotatable bonds is 5. The number of aliphatic carboxylic acids is 1. The number of carboxylic acids is 1. The number of hydrogen-bond donors (Lipinski definition) is 1. The highest BCUT2D eigenvalue weighted by atomic mass is 16.6. The minimum Gasteiger partial charge on any atom is -0.480 e. The van der Waals surface area contributed by atoms with E-state index in [9.17, 15) is 14.7 Å². The summed E-state index contributed by atoms with van der Waals surface area (Å²) in [5.41, 5.74) is 3.80. The SMILES string of the molecule is CC(C)(C)OC(=O)N(CC(=O)O)c1ccc(-c2c(C#Cc3ccc4ccccc4n3)nc3c(N4CCOCC4)ccnn23)cn1. The summed E-state index contributed by atoms with van der Waals surface area (Å²) >= 11 is 0. The molecule has 228 valence electrons. The number of morpholine rings is 1. The summed E-state index contributed by atoms with van der Waals surface area (Å²) in [5.74, 6) is 5.28. The maximum Gasteiger partial charge on any atom is 0.416 e. The molecule has 1 fully saturated rings. The van der Waals surface area contributed by atoms with E-state index in [2.05, 4.69) is 31.8 Å². The fraction of sp³-hybridized carbons (Fsp3) is 0.273. The number of anilines is 2. The molecule has 12 heteroatoms. The summed E-state index contributed by atoms with van der Waals surface area (Å²) < 4.78 is 12.7. The van der Waals surface area contributed by atoms with Crippen LogP contribution in [0.15, 0.2) is 67.0 Å². The summed E-state index contributed by atoms with van der Waals surface area (Å²) in [7, 11) is 0. The van der Waals surface area contributed by atoms with Gasteiger partial charge in [0.2, 0.25) is 0 Å². The van der Waals surface area contributed by atoms with Crippen molar-refractivity contribution in [2.24, 2.45) is 0 Å². The molecular formula is C33H31N7O5. The number of carbonyl (C=O) groups excluding carboxylic acids is 1. The van der Waals surface area contributed by atoms with Crippen molar-refractivity contribution >= 4 is 40.1 Å². The Labute approximate surface area is 259 Å². The second-order valence-corrected chi connectivity index (χ2v) is 11.4. The highest BCUT2D eigenvalue weighted by Gasteiger charge is 2.27. The summed E-state index contributed by atoms with van der Waals surface area (Å²) in [6.45, 7) is 7.15. The molecule has 45 heavy (non-hydrogen) atoms. The van der Waals surface area contributed by atoms with Crippen LogP contribution in [-0.4, -0.2) is 80.2 Å². The van der Waals surface area contributed by atoms with Crippen molar-refractivity contribution in [3.63, 3.8) is 0 Å². The Kier molecular flexibility index (Phi) is 8.02. The summed E-state index contributed by atoms with van der Waals surface area (Å²) in [6.07, 6.45) is 2.44. The van der Waals surface area contributed by atoms with E-state index in [0.717, 1.165) is 21.5 Å². The van der Waals surface area contributed by atoms with Gasteiger partial charge in [0.05, 0.1) is 30.6 Å². The fourth-order valence-corrected chi connectivity index (χ4v) is 4.97. The number of amides is 1. The third kappa shape index (κ3) is 6.53. The number of nitrogens with zero attached hydrogens (tertiary/aromatic N) is 7. The van der Waals surface area contributed by atoms with E-state index in [1.54, 1.807) is 49.8 Å². The van der Waals surface area contributed by atoms with Gasteiger partial charge in [-0.15, -0.1) is 0 Å². The molecule has 5 heterocycles. The molecule has 6 rings (SSSR count). The maximum atomic E-state index is 12.9. The van der Waals surface area contributed by atoms with Gasteiger partial charge in [0.25, 0.3) is 0 Å². The minimum atomic E-state index is -1.20.